The molecule has 112 valence electrons. The maximum absolute atomic E-state index is 11.2. The van der Waals surface area contributed by atoms with E-state index in [2.05, 4.69) is 13.2 Å². The van der Waals surface area contributed by atoms with Gasteiger partial charge in [-0.3, -0.25) is 0 Å². The molecule has 0 amide bonds. The van der Waals surface area contributed by atoms with Gasteiger partial charge in [0.15, 0.2) is 0 Å². The molecule has 20 heavy (non-hydrogen) atoms. The predicted molar refractivity (Wildman–Crippen MR) is 78.3 cm³/mol. The molecule has 3 heteroatoms. The van der Waals surface area contributed by atoms with Gasteiger partial charge in [0.1, 0.15) is 5.60 Å². The molecule has 3 fully saturated rings. The summed E-state index contributed by atoms with van der Waals surface area (Å²) >= 11 is 0. The first kappa shape index (κ1) is 14.3. The Hall–Kier alpha value is -0.640. The molecule has 1 saturated heterocycles. The zero-order valence-electron chi connectivity index (χ0n) is 12.1. The first-order chi connectivity index (χ1) is 9.54. The van der Waals surface area contributed by atoms with E-state index in [1.54, 1.807) is 0 Å². The van der Waals surface area contributed by atoms with E-state index in [1.807, 2.05) is 12.2 Å². The van der Waals surface area contributed by atoms with Crippen molar-refractivity contribution >= 4 is 0 Å². The molecule has 0 aromatic rings. The Bertz CT molecular complexity index is 407. The Morgan fingerprint density at radius 1 is 1.10 bits per heavy atom. The van der Waals surface area contributed by atoms with Crippen molar-refractivity contribution in [2.24, 2.45) is 11.8 Å². The van der Waals surface area contributed by atoms with Crippen LogP contribution in [0.15, 0.2) is 25.3 Å². The van der Waals surface area contributed by atoms with Crippen LogP contribution in [0.2, 0.25) is 0 Å². The molecule has 1 aliphatic heterocycles. The lowest BCUT2D eigenvalue weighted by Crippen LogP contribution is -2.54. The van der Waals surface area contributed by atoms with Crippen molar-refractivity contribution < 1.29 is 14.9 Å². The summed E-state index contributed by atoms with van der Waals surface area (Å²) in [5, 5.41) is 21.3. The Morgan fingerprint density at radius 2 is 1.85 bits per heavy atom. The fraction of sp³-hybridized carbons (Fsp3) is 0.765. The van der Waals surface area contributed by atoms with Gasteiger partial charge in [-0.15, -0.1) is 13.2 Å². The number of hydrogen-bond acceptors (Lipinski definition) is 3. The van der Waals surface area contributed by atoms with Crippen LogP contribution in [0.3, 0.4) is 0 Å². The van der Waals surface area contributed by atoms with Crippen molar-refractivity contribution in [3.63, 3.8) is 0 Å². The van der Waals surface area contributed by atoms with Crippen LogP contribution in [0, 0.1) is 11.8 Å². The third-order valence-electron chi connectivity index (χ3n) is 5.75. The second-order valence-electron chi connectivity index (χ2n) is 6.92. The van der Waals surface area contributed by atoms with Crippen LogP contribution in [0.25, 0.3) is 0 Å². The molecule has 3 nitrogen and oxygen atoms in total. The van der Waals surface area contributed by atoms with Gasteiger partial charge in [0, 0.05) is 12.8 Å². The van der Waals surface area contributed by atoms with Crippen LogP contribution < -0.4 is 0 Å². The molecular weight excluding hydrogens is 252 g/mol. The van der Waals surface area contributed by atoms with Gasteiger partial charge in [-0.2, -0.15) is 0 Å². The van der Waals surface area contributed by atoms with Gasteiger partial charge in [0.25, 0.3) is 0 Å². The summed E-state index contributed by atoms with van der Waals surface area (Å²) in [6.45, 7) is 7.63. The highest BCUT2D eigenvalue weighted by Crippen LogP contribution is 2.62. The SMILES string of the molecule is C=CC[C@@H]1C[C@]2(O)C[C@@H](CC=C)[C@H]3CC[C@@H](O)C[C@@]32O1. The van der Waals surface area contributed by atoms with Gasteiger partial charge in [-0.05, 0) is 43.9 Å². The largest absolute Gasteiger partial charge is 0.393 e. The Kier molecular flexibility index (Phi) is 3.56. The zero-order chi connectivity index (χ0) is 14.4. The van der Waals surface area contributed by atoms with E-state index in [0.717, 1.165) is 32.1 Å². The molecular formula is C17H26O3. The maximum Gasteiger partial charge on any atom is 0.103 e. The number of allylic oxidation sites excluding steroid dienone is 1. The van der Waals surface area contributed by atoms with Crippen molar-refractivity contribution in [1.82, 2.24) is 0 Å². The number of rotatable bonds is 4. The molecule has 6 atom stereocenters. The minimum absolute atomic E-state index is 0.0509. The minimum atomic E-state index is -0.777. The number of hydrogen-bond donors (Lipinski definition) is 2. The molecule has 2 saturated carbocycles. The molecule has 2 aliphatic carbocycles. The maximum atomic E-state index is 11.2. The molecule has 3 aliphatic rings. The molecule has 0 radical (unpaired) electrons. The van der Waals surface area contributed by atoms with Crippen molar-refractivity contribution in [3.05, 3.63) is 25.3 Å². The summed E-state index contributed by atoms with van der Waals surface area (Å²) in [5.74, 6) is 0.790. The second-order valence-corrected chi connectivity index (χ2v) is 6.92. The van der Waals surface area contributed by atoms with E-state index in [-0.39, 0.29) is 12.2 Å². The topological polar surface area (TPSA) is 49.7 Å². The molecule has 0 bridgehead atoms. The third-order valence-corrected chi connectivity index (χ3v) is 5.75. The third kappa shape index (κ3) is 1.91. The summed E-state index contributed by atoms with van der Waals surface area (Å²) in [4.78, 5) is 0. The average Bonchev–Trinajstić information content (AvgIpc) is 2.73. The van der Waals surface area contributed by atoms with Crippen molar-refractivity contribution in [2.45, 2.75) is 68.4 Å². The molecule has 2 N–H and O–H groups in total. The fourth-order valence-corrected chi connectivity index (χ4v) is 5.10. The summed E-state index contributed by atoms with van der Waals surface area (Å²) in [6.07, 6.45) is 9.04. The summed E-state index contributed by atoms with van der Waals surface area (Å²) in [7, 11) is 0. The number of aliphatic hydroxyl groups excluding tert-OH is 1. The van der Waals surface area contributed by atoms with Crippen LogP contribution in [0.4, 0.5) is 0 Å². The lowest BCUT2D eigenvalue weighted by atomic mass is 9.69. The summed E-state index contributed by atoms with van der Waals surface area (Å²) < 4.78 is 6.35. The van der Waals surface area contributed by atoms with Crippen molar-refractivity contribution in [2.75, 3.05) is 0 Å². The zero-order valence-corrected chi connectivity index (χ0v) is 12.1. The highest BCUT2D eigenvalue weighted by atomic mass is 16.5. The predicted octanol–water partition coefficient (Wildman–Crippen LogP) is 2.58. The monoisotopic (exact) mass is 278 g/mol. The van der Waals surface area contributed by atoms with Crippen LogP contribution >= 0.6 is 0 Å². The molecule has 1 spiro atoms. The second kappa shape index (κ2) is 4.97. The molecule has 0 unspecified atom stereocenters. The number of ether oxygens (including phenoxy) is 1. The van der Waals surface area contributed by atoms with Crippen molar-refractivity contribution in [1.29, 1.82) is 0 Å². The first-order valence-corrected chi connectivity index (χ1v) is 7.85. The van der Waals surface area contributed by atoms with E-state index in [0.29, 0.717) is 24.7 Å². The van der Waals surface area contributed by atoms with Gasteiger partial charge in [-0.25, -0.2) is 0 Å². The molecule has 3 rings (SSSR count). The average molecular weight is 278 g/mol. The minimum Gasteiger partial charge on any atom is -0.393 e. The van der Waals surface area contributed by atoms with Crippen molar-refractivity contribution in [3.8, 4) is 0 Å². The van der Waals surface area contributed by atoms with Gasteiger partial charge in [0.05, 0.1) is 17.8 Å². The van der Waals surface area contributed by atoms with Crippen LogP contribution in [0.5, 0.6) is 0 Å². The van der Waals surface area contributed by atoms with Gasteiger partial charge < -0.3 is 14.9 Å². The highest BCUT2D eigenvalue weighted by Gasteiger charge is 2.69. The van der Waals surface area contributed by atoms with Gasteiger partial charge >= 0.3 is 0 Å². The Balaban J connectivity index is 1.92. The highest BCUT2D eigenvalue weighted by molar-refractivity contribution is 5.20. The van der Waals surface area contributed by atoms with E-state index in [4.69, 9.17) is 4.74 Å². The van der Waals surface area contributed by atoms with Crippen LogP contribution in [-0.4, -0.2) is 33.6 Å². The van der Waals surface area contributed by atoms with Gasteiger partial charge in [0.2, 0.25) is 0 Å². The van der Waals surface area contributed by atoms with E-state index in [1.165, 1.54) is 0 Å². The molecule has 0 aromatic heterocycles. The lowest BCUT2D eigenvalue weighted by Gasteiger charge is -2.45. The molecule has 0 aromatic carbocycles. The fourth-order valence-electron chi connectivity index (χ4n) is 5.10. The number of aliphatic hydroxyl groups is 2. The van der Waals surface area contributed by atoms with Crippen LogP contribution in [-0.2, 0) is 4.74 Å². The van der Waals surface area contributed by atoms with E-state index < -0.39 is 11.2 Å². The summed E-state index contributed by atoms with van der Waals surface area (Å²) in [5.41, 5.74) is -1.31. The summed E-state index contributed by atoms with van der Waals surface area (Å²) in [6, 6.07) is 0. The standard InChI is InChI=1S/C17H26O3/c1-3-5-12-9-16(19)11-14(6-4-2)20-17(16)10-13(18)7-8-15(12)17/h3-4,12-15,18-19H,1-2,5-11H2/t12-,13-,14-,15-,16-,17-/m1/s1. The normalized spacial score (nSPS) is 50.5. The Morgan fingerprint density at radius 3 is 2.55 bits per heavy atom. The first-order valence-electron chi connectivity index (χ1n) is 7.85. The smallest absolute Gasteiger partial charge is 0.103 e. The van der Waals surface area contributed by atoms with E-state index in [9.17, 15) is 10.2 Å². The quantitative estimate of drug-likeness (QED) is 0.777. The lowest BCUT2D eigenvalue weighted by molar-refractivity contribution is -0.172. The Labute approximate surface area is 121 Å². The van der Waals surface area contributed by atoms with Gasteiger partial charge in [-0.1, -0.05) is 12.2 Å². The van der Waals surface area contributed by atoms with E-state index >= 15 is 0 Å². The van der Waals surface area contributed by atoms with Crippen LogP contribution in [0.1, 0.15) is 44.9 Å². The molecule has 1 heterocycles.